The lowest BCUT2D eigenvalue weighted by molar-refractivity contribution is 0.296. The Labute approximate surface area is 77.8 Å². The van der Waals surface area contributed by atoms with Crippen LogP contribution in [-0.4, -0.2) is 11.0 Å². The highest BCUT2D eigenvalue weighted by Gasteiger charge is 2.44. The van der Waals surface area contributed by atoms with Crippen molar-refractivity contribution < 1.29 is 0 Å². The molecule has 1 saturated carbocycles. The Morgan fingerprint density at radius 2 is 2.33 bits per heavy atom. The van der Waals surface area contributed by atoms with Gasteiger partial charge in [0.1, 0.15) is 4.75 Å². The second-order valence-electron chi connectivity index (χ2n) is 3.74. The first kappa shape index (κ1) is 8.19. The molecule has 0 aromatic rings. The first-order valence-electron chi connectivity index (χ1n) is 4.45. The zero-order chi connectivity index (χ0) is 8.60. The molecule has 2 bridgehead atoms. The molecule has 0 aliphatic heterocycles. The van der Waals surface area contributed by atoms with E-state index in [-0.39, 0.29) is 4.75 Å². The summed E-state index contributed by atoms with van der Waals surface area (Å²) in [6.07, 6.45) is 10.2. The summed E-state index contributed by atoms with van der Waals surface area (Å²) >= 11 is 1.74. The molecular formula is C10H13NS. The Kier molecular flexibility index (Phi) is 1.92. The van der Waals surface area contributed by atoms with Crippen LogP contribution in [0.15, 0.2) is 12.2 Å². The number of fused-ring (bicyclic) bond motifs is 2. The highest BCUT2D eigenvalue weighted by Crippen LogP contribution is 2.49. The average molecular weight is 179 g/mol. The SMILES string of the molecule is CS[C@@]1(C#N)C[C@H]2C=C[C@@H]1CC2. The average Bonchev–Trinajstić information content (AvgIpc) is 2.19. The maximum atomic E-state index is 9.16. The van der Waals surface area contributed by atoms with E-state index in [4.69, 9.17) is 5.26 Å². The number of hydrogen-bond donors (Lipinski definition) is 0. The molecule has 3 aliphatic rings. The summed E-state index contributed by atoms with van der Waals surface area (Å²) in [6.45, 7) is 0. The van der Waals surface area contributed by atoms with E-state index in [0.717, 1.165) is 6.42 Å². The fourth-order valence-electron chi connectivity index (χ4n) is 2.39. The minimum absolute atomic E-state index is 0.0856. The van der Waals surface area contributed by atoms with Gasteiger partial charge in [-0.1, -0.05) is 12.2 Å². The Balaban J connectivity index is 2.31. The van der Waals surface area contributed by atoms with Crippen molar-refractivity contribution in [2.24, 2.45) is 11.8 Å². The molecule has 64 valence electrons. The third-order valence-electron chi connectivity index (χ3n) is 3.18. The summed E-state index contributed by atoms with van der Waals surface area (Å²) < 4.78 is -0.0856. The van der Waals surface area contributed by atoms with Crippen molar-refractivity contribution in [2.45, 2.75) is 24.0 Å². The van der Waals surface area contributed by atoms with Crippen LogP contribution in [0.3, 0.4) is 0 Å². The fraction of sp³-hybridized carbons (Fsp3) is 0.700. The Hall–Kier alpha value is -0.420. The van der Waals surface area contributed by atoms with Crippen LogP contribution in [0.2, 0.25) is 0 Å². The molecule has 0 amide bonds. The second-order valence-corrected chi connectivity index (χ2v) is 4.88. The molecule has 3 rings (SSSR count). The largest absolute Gasteiger partial charge is 0.197 e. The van der Waals surface area contributed by atoms with E-state index in [0.29, 0.717) is 11.8 Å². The zero-order valence-electron chi connectivity index (χ0n) is 7.29. The van der Waals surface area contributed by atoms with Gasteiger partial charge in [-0.15, -0.1) is 11.8 Å². The fourth-order valence-corrected chi connectivity index (χ4v) is 3.36. The van der Waals surface area contributed by atoms with E-state index in [1.54, 1.807) is 11.8 Å². The molecule has 0 aromatic carbocycles. The van der Waals surface area contributed by atoms with Crippen molar-refractivity contribution in [2.75, 3.05) is 6.26 Å². The molecule has 0 saturated heterocycles. The molecule has 0 spiro atoms. The quantitative estimate of drug-likeness (QED) is 0.578. The maximum Gasteiger partial charge on any atom is 0.109 e. The molecule has 0 N–H and O–H groups in total. The van der Waals surface area contributed by atoms with Crippen molar-refractivity contribution >= 4 is 11.8 Å². The molecule has 0 heterocycles. The number of rotatable bonds is 1. The molecule has 0 radical (unpaired) electrons. The zero-order valence-corrected chi connectivity index (χ0v) is 8.10. The van der Waals surface area contributed by atoms with Gasteiger partial charge in [0.15, 0.2) is 0 Å². The van der Waals surface area contributed by atoms with Crippen molar-refractivity contribution in [3.05, 3.63) is 12.2 Å². The van der Waals surface area contributed by atoms with Gasteiger partial charge < -0.3 is 0 Å². The van der Waals surface area contributed by atoms with E-state index in [1.807, 2.05) is 0 Å². The van der Waals surface area contributed by atoms with E-state index in [9.17, 15) is 0 Å². The monoisotopic (exact) mass is 179 g/mol. The standard InChI is InChI=1S/C10H13NS/c1-12-10(7-11)6-8-2-4-9(10)5-3-8/h2,4,8-9H,3,5-6H2,1H3/t8-,9+,10+/m0/s1. The number of nitriles is 1. The van der Waals surface area contributed by atoms with Crippen molar-refractivity contribution in [3.8, 4) is 6.07 Å². The normalized spacial score (nSPS) is 44.3. The van der Waals surface area contributed by atoms with Crippen molar-refractivity contribution in [1.29, 1.82) is 5.26 Å². The first-order chi connectivity index (χ1) is 5.80. The second kappa shape index (κ2) is 2.81. The topological polar surface area (TPSA) is 23.8 Å². The first-order valence-corrected chi connectivity index (χ1v) is 5.68. The van der Waals surface area contributed by atoms with E-state index >= 15 is 0 Å². The summed E-state index contributed by atoms with van der Waals surface area (Å²) in [5, 5.41) is 9.16. The molecular weight excluding hydrogens is 166 g/mol. The number of allylic oxidation sites excluding steroid dienone is 2. The molecule has 2 heteroatoms. The lowest BCUT2D eigenvalue weighted by Gasteiger charge is -2.42. The van der Waals surface area contributed by atoms with Crippen LogP contribution < -0.4 is 0 Å². The van der Waals surface area contributed by atoms with Crippen LogP contribution in [-0.2, 0) is 0 Å². The van der Waals surface area contributed by atoms with Gasteiger partial charge in [0.2, 0.25) is 0 Å². The minimum Gasteiger partial charge on any atom is -0.197 e. The third-order valence-corrected chi connectivity index (χ3v) is 4.47. The maximum absolute atomic E-state index is 9.16. The van der Waals surface area contributed by atoms with Crippen LogP contribution in [0.1, 0.15) is 19.3 Å². The predicted octanol–water partition coefficient (Wildman–Crippen LogP) is 2.60. The van der Waals surface area contributed by atoms with E-state index < -0.39 is 0 Å². The minimum atomic E-state index is -0.0856. The molecule has 3 atom stereocenters. The van der Waals surface area contributed by atoms with Gasteiger partial charge >= 0.3 is 0 Å². The predicted molar refractivity (Wildman–Crippen MR) is 51.8 cm³/mol. The van der Waals surface area contributed by atoms with Crippen LogP contribution in [0.4, 0.5) is 0 Å². The van der Waals surface area contributed by atoms with Crippen LogP contribution in [0.25, 0.3) is 0 Å². The van der Waals surface area contributed by atoms with Gasteiger partial charge in [0.05, 0.1) is 6.07 Å². The highest BCUT2D eigenvalue weighted by molar-refractivity contribution is 8.00. The van der Waals surface area contributed by atoms with Crippen LogP contribution in [0.5, 0.6) is 0 Å². The smallest absolute Gasteiger partial charge is 0.109 e. The molecule has 0 aromatic heterocycles. The molecule has 3 aliphatic carbocycles. The van der Waals surface area contributed by atoms with Crippen LogP contribution in [0, 0.1) is 23.2 Å². The number of nitrogens with zero attached hydrogens (tertiary/aromatic N) is 1. The molecule has 0 unspecified atom stereocenters. The number of hydrogen-bond acceptors (Lipinski definition) is 2. The highest BCUT2D eigenvalue weighted by atomic mass is 32.2. The van der Waals surface area contributed by atoms with Crippen molar-refractivity contribution in [3.63, 3.8) is 0 Å². The Morgan fingerprint density at radius 3 is 2.58 bits per heavy atom. The molecule has 1 fully saturated rings. The summed E-state index contributed by atoms with van der Waals surface area (Å²) in [4.78, 5) is 0. The lowest BCUT2D eigenvalue weighted by atomic mass is 9.69. The summed E-state index contributed by atoms with van der Waals surface area (Å²) in [6, 6.07) is 2.51. The number of thioether (sulfide) groups is 1. The van der Waals surface area contributed by atoms with Crippen LogP contribution >= 0.6 is 11.8 Å². The Bertz CT molecular complexity index is 253. The lowest BCUT2D eigenvalue weighted by Crippen LogP contribution is -2.40. The third kappa shape index (κ3) is 0.998. The van der Waals surface area contributed by atoms with Gasteiger partial charge in [-0.05, 0) is 31.4 Å². The Morgan fingerprint density at radius 1 is 1.50 bits per heavy atom. The molecule has 12 heavy (non-hydrogen) atoms. The summed E-state index contributed by atoms with van der Waals surface area (Å²) in [7, 11) is 0. The van der Waals surface area contributed by atoms with Gasteiger partial charge in [0, 0.05) is 5.92 Å². The summed E-state index contributed by atoms with van der Waals surface area (Å²) in [5.41, 5.74) is 0. The van der Waals surface area contributed by atoms with Gasteiger partial charge in [-0.3, -0.25) is 0 Å². The van der Waals surface area contributed by atoms with E-state index in [1.165, 1.54) is 12.8 Å². The molecule has 1 nitrogen and oxygen atoms in total. The van der Waals surface area contributed by atoms with Gasteiger partial charge in [-0.2, -0.15) is 5.26 Å². The van der Waals surface area contributed by atoms with Gasteiger partial charge in [-0.25, -0.2) is 0 Å². The summed E-state index contributed by atoms with van der Waals surface area (Å²) in [5.74, 6) is 1.20. The van der Waals surface area contributed by atoms with Gasteiger partial charge in [0.25, 0.3) is 0 Å². The van der Waals surface area contributed by atoms with E-state index in [2.05, 4.69) is 24.5 Å². The van der Waals surface area contributed by atoms with Crippen molar-refractivity contribution in [1.82, 2.24) is 0 Å².